The lowest BCUT2D eigenvalue weighted by atomic mass is 9.96. The van der Waals surface area contributed by atoms with Gasteiger partial charge in [-0.3, -0.25) is 24.0 Å². The first-order chi connectivity index (χ1) is 18.8. The number of aromatic amines is 1. The highest BCUT2D eigenvalue weighted by Gasteiger charge is 2.33. The molecule has 5 unspecified atom stereocenters. The Bertz CT molecular complexity index is 1240. The number of rotatable bonds is 16. The fraction of sp³-hybridized carbons (Fsp3) is 0.462. The summed E-state index contributed by atoms with van der Waals surface area (Å²) >= 11 is 0. The highest BCUT2D eigenvalue weighted by Crippen LogP contribution is 2.20. The van der Waals surface area contributed by atoms with E-state index in [2.05, 4.69) is 20.9 Å². The maximum atomic E-state index is 13.5. The lowest BCUT2D eigenvalue weighted by Gasteiger charge is -2.28. The van der Waals surface area contributed by atoms with Crippen molar-refractivity contribution >= 4 is 46.4 Å². The molecule has 40 heavy (non-hydrogen) atoms. The molecule has 0 aliphatic carbocycles. The minimum atomic E-state index is -1.61. The number of carboxylic acids is 1. The molecule has 2 rings (SSSR count). The summed E-state index contributed by atoms with van der Waals surface area (Å²) in [7, 11) is 0. The number of aromatic nitrogens is 1. The van der Waals surface area contributed by atoms with Crippen LogP contribution in [0.25, 0.3) is 10.9 Å². The molecule has 0 spiro atoms. The SMILES string of the molecule is CCC(C)C(NC(=O)C(N)CCC(N)=O)C(=O)NC(Cc1c[nH]c2ccccc12)C(=O)NC(CC(N)=O)C(=O)O. The van der Waals surface area contributed by atoms with E-state index in [-0.39, 0.29) is 25.2 Å². The van der Waals surface area contributed by atoms with Crippen molar-refractivity contribution in [3.8, 4) is 0 Å². The molecule has 1 aromatic carbocycles. The van der Waals surface area contributed by atoms with Crippen LogP contribution in [0.5, 0.6) is 0 Å². The summed E-state index contributed by atoms with van der Waals surface area (Å²) in [4.78, 5) is 76.5. The Balaban J connectivity index is 2.32. The number of carbonyl (C=O) groups is 6. The van der Waals surface area contributed by atoms with Gasteiger partial charge in [-0.05, 0) is 24.0 Å². The van der Waals surface area contributed by atoms with Gasteiger partial charge in [-0.15, -0.1) is 0 Å². The second-order valence-corrected chi connectivity index (χ2v) is 9.68. The van der Waals surface area contributed by atoms with Crippen LogP contribution in [0.15, 0.2) is 30.5 Å². The van der Waals surface area contributed by atoms with E-state index in [9.17, 15) is 33.9 Å². The van der Waals surface area contributed by atoms with E-state index in [4.69, 9.17) is 17.2 Å². The van der Waals surface area contributed by atoms with Crippen molar-refractivity contribution < 1.29 is 33.9 Å². The quantitative estimate of drug-likeness (QED) is 0.123. The Labute approximate surface area is 230 Å². The molecular formula is C26H37N7O7. The largest absolute Gasteiger partial charge is 0.480 e. The van der Waals surface area contributed by atoms with Crippen LogP contribution >= 0.6 is 0 Å². The molecule has 5 atom stereocenters. The average Bonchev–Trinajstić information content (AvgIpc) is 3.31. The van der Waals surface area contributed by atoms with Crippen LogP contribution in [-0.4, -0.2) is 69.8 Å². The highest BCUT2D eigenvalue weighted by molar-refractivity contribution is 5.95. The summed E-state index contributed by atoms with van der Waals surface area (Å²) in [6, 6.07) is 2.18. The number of primary amides is 2. The summed E-state index contributed by atoms with van der Waals surface area (Å²) in [5, 5.41) is 17.7. The van der Waals surface area contributed by atoms with Gasteiger partial charge in [0.05, 0.1) is 12.5 Å². The molecule has 14 heteroatoms. The number of nitrogens with two attached hydrogens (primary N) is 3. The normalized spacial score (nSPS) is 14.8. The predicted octanol–water partition coefficient (Wildman–Crippen LogP) is -1.24. The van der Waals surface area contributed by atoms with Crippen molar-refractivity contribution in [2.24, 2.45) is 23.1 Å². The van der Waals surface area contributed by atoms with E-state index in [0.717, 1.165) is 10.9 Å². The van der Waals surface area contributed by atoms with Crippen molar-refractivity contribution in [1.29, 1.82) is 0 Å². The van der Waals surface area contributed by atoms with E-state index < -0.39 is 66.1 Å². The number of nitrogens with one attached hydrogen (secondary N) is 4. The summed E-state index contributed by atoms with van der Waals surface area (Å²) in [6.45, 7) is 3.53. The van der Waals surface area contributed by atoms with Crippen molar-refractivity contribution in [3.63, 3.8) is 0 Å². The molecule has 0 radical (unpaired) electrons. The van der Waals surface area contributed by atoms with Crippen molar-refractivity contribution in [3.05, 3.63) is 36.0 Å². The summed E-state index contributed by atoms with van der Waals surface area (Å²) in [5.41, 5.74) is 17.6. The van der Waals surface area contributed by atoms with E-state index >= 15 is 0 Å². The number of amides is 5. The van der Waals surface area contributed by atoms with E-state index in [0.29, 0.717) is 12.0 Å². The third-order valence-corrected chi connectivity index (χ3v) is 6.58. The van der Waals surface area contributed by atoms with Crippen molar-refractivity contribution in [1.82, 2.24) is 20.9 Å². The first kappa shape index (κ1) is 31.8. The monoisotopic (exact) mass is 559 g/mol. The first-order valence-corrected chi connectivity index (χ1v) is 12.8. The molecule has 11 N–H and O–H groups in total. The molecular weight excluding hydrogens is 522 g/mol. The van der Waals surface area contributed by atoms with Gasteiger partial charge in [0.25, 0.3) is 0 Å². The Morgan fingerprint density at radius 2 is 1.57 bits per heavy atom. The molecule has 0 saturated carbocycles. The van der Waals surface area contributed by atoms with Gasteiger partial charge in [-0.1, -0.05) is 38.5 Å². The van der Waals surface area contributed by atoms with E-state index in [1.165, 1.54) is 0 Å². The molecule has 2 aromatic rings. The van der Waals surface area contributed by atoms with Gasteiger partial charge < -0.3 is 43.2 Å². The average molecular weight is 560 g/mol. The number of aliphatic carboxylic acids is 1. The maximum Gasteiger partial charge on any atom is 0.326 e. The van der Waals surface area contributed by atoms with Gasteiger partial charge in [-0.2, -0.15) is 0 Å². The van der Waals surface area contributed by atoms with Gasteiger partial charge in [-0.25, -0.2) is 4.79 Å². The molecule has 1 heterocycles. The van der Waals surface area contributed by atoms with E-state index in [1.807, 2.05) is 25.1 Å². The Morgan fingerprint density at radius 3 is 2.17 bits per heavy atom. The first-order valence-electron chi connectivity index (χ1n) is 12.8. The summed E-state index contributed by atoms with van der Waals surface area (Å²) in [6.07, 6.45) is 1.33. The molecule has 0 bridgehead atoms. The lowest BCUT2D eigenvalue weighted by Crippen LogP contribution is -2.59. The van der Waals surface area contributed by atoms with Gasteiger partial charge >= 0.3 is 5.97 Å². The number of carboxylic acid groups (broad SMARTS) is 1. The Morgan fingerprint density at radius 1 is 0.925 bits per heavy atom. The number of hydrogen-bond acceptors (Lipinski definition) is 7. The standard InChI is InChI=1S/C26H37N7O7/c1-3-13(2)22(33-23(36)16(27)8-9-20(28)34)25(38)31-18(24(37)32-19(26(39)40)11-21(29)35)10-14-12-30-17-7-5-4-6-15(14)17/h4-7,12-13,16,18-19,22,30H,3,8-11,27H2,1-2H3,(H2,28,34)(H2,29,35)(H,31,38)(H,32,37)(H,33,36)(H,39,40). The van der Waals surface area contributed by atoms with Gasteiger partial charge in [0.15, 0.2) is 0 Å². The number of fused-ring (bicyclic) bond motifs is 1. The maximum absolute atomic E-state index is 13.5. The number of carbonyl (C=O) groups excluding carboxylic acids is 5. The van der Waals surface area contributed by atoms with Gasteiger partial charge in [0.2, 0.25) is 29.5 Å². The second kappa shape index (κ2) is 14.6. The second-order valence-electron chi connectivity index (χ2n) is 9.68. The smallest absolute Gasteiger partial charge is 0.326 e. The number of H-pyrrole nitrogens is 1. The minimum Gasteiger partial charge on any atom is -0.480 e. The van der Waals surface area contributed by atoms with Crippen LogP contribution < -0.4 is 33.2 Å². The molecule has 0 saturated heterocycles. The molecule has 0 aliphatic rings. The topological polar surface area (TPSA) is 253 Å². The Kier molecular flexibility index (Phi) is 11.6. The van der Waals surface area contributed by atoms with Gasteiger partial charge in [0.1, 0.15) is 18.1 Å². The predicted molar refractivity (Wildman–Crippen MR) is 145 cm³/mol. The number of benzene rings is 1. The van der Waals surface area contributed by atoms with Crippen LogP contribution in [0.1, 0.15) is 45.1 Å². The molecule has 5 amide bonds. The zero-order chi connectivity index (χ0) is 30.0. The van der Waals surface area contributed by atoms with Crippen molar-refractivity contribution in [2.75, 3.05) is 0 Å². The van der Waals surface area contributed by atoms with Crippen LogP contribution in [0.2, 0.25) is 0 Å². The van der Waals surface area contributed by atoms with E-state index in [1.54, 1.807) is 19.2 Å². The molecule has 1 aromatic heterocycles. The fourth-order valence-corrected chi connectivity index (χ4v) is 4.06. The zero-order valence-electron chi connectivity index (χ0n) is 22.4. The van der Waals surface area contributed by atoms with Crippen LogP contribution in [0, 0.1) is 5.92 Å². The minimum absolute atomic E-state index is 0.0158. The highest BCUT2D eigenvalue weighted by atomic mass is 16.4. The Hall–Kier alpha value is -4.46. The number of para-hydroxylation sites is 1. The van der Waals surface area contributed by atoms with Crippen molar-refractivity contribution in [2.45, 2.75) is 70.1 Å². The zero-order valence-corrected chi connectivity index (χ0v) is 22.4. The molecule has 218 valence electrons. The summed E-state index contributed by atoms with van der Waals surface area (Å²) in [5.74, 6) is -5.65. The fourth-order valence-electron chi connectivity index (χ4n) is 4.06. The number of hydrogen-bond donors (Lipinski definition) is 8. The summed E-state index contributed by atoms with van der Waals surface area (Å²) < 4.78 is 0. The lowest BCUT2D eigenvalue weighted by molar-refractivity contribution is -0.143. The molecule has 14 nitrogen and oxygen atoms in total. The third kappa shape index (κ3) is 9.08. The van der Waals surface area contributed by atoms with Gasteiger partial charge in [0, 0.05) is 29.9 Å². The van der Waals surface area contributed by atoms with Crippen LogP contribution in [0.4, 0.5) is 0 Å². The third-order valence-electron chi connectivity index (χ3n) is 6.58. The van der Waals surface area contributed by atoms with Crippen LogP contribution in [0.3, 0.4) is 0 Å². The molecule has 0 fully saturated rings. The molecule has 0 aliphatic heterocycles. The van der Waals surface area contributed by atoms with Crippen LogP contribution in [-0.2, 0) is 35.2 Å².